The van der Waals surface area contributed by atoms with Crippen molar-refractivity contribution in [1.29, 1.82) is 0 Å². The van der Waals surface area contributed by atoms with Crippen molar-refractivity contribution in [3.8, 4) is 0 Å². The molecule has 1 aromatic rings. The number of benzene rings is 1. The molecule has 11 heteroatoms. The number of carbonyl (C=O) groups is 2. The standard InChI is InChI=1S/C22H35N3O6S2/c1-4-12-23-21(27)10-14-30-16-17-31-15-13-24-20(26)9-11-22(2,3)33-32-19-7-5-18(6-8-19)25(28)29/h5-8H,4,9-17H2,1-3H3,(H,23,27)(H,24,26). The minimum Gasteiger partial charge on any atom is -0.379 e. The Morgan fingerprint density at radius 3 is 2.21 bits per heavy atom. The highest BCUT2D eigenvalue weighted by molar-refractivity contribution is 8.77. The van der Waals surface area contributed by atoms with Crippen molar-refractivity contribution in [3.63, 3.8) is 0 Å². The van der Waals surface area contributed by atoms with Gasteiger partial charge in [0.15, 0.2) is 0 Å². The molecule has 1 aromatic carbocycles. The minimum atomic E-state index is -0.416. The van der Waals surface area contributed by atoms with Gasteiger partial charge in [-0.25, -0.2) is 0 Å². The SMILES string of the molecule is CCCNC(=O)CCOCCOCCNC(=O)CCC(C)(C)SSc1ccc([N+](=O)[O-])cc1. The van der Waals surface area contributed by atoms with Gasteiger partial charge >= 0.3 is 0 Å². The Morgan fingerprint density at radius 1 is 0.970 bits per heavy atom. The van der Waals surface area contributed by atoms with Gasteiger partial charge in [-0.15, -0.1) is 0 Å². The van der Waals surface area contributed by atoms with Crippen molar-refractivity contribution in [2.75, 3.05) is 39.5 Å². The molecule has 0 unspecified atom stereocenters. The lowest BCUT2D eigenvalue weighted by Crippen LogP contribution is -2.29. The van der Waals surface area contributed by atoms with Crippen LogP contribution in [-0.4, -0.2) is 61.0 Å². The van der Waals surface area contributed by atoms with Crippen LogP contribution >= 0.6 is 21.6 Å². The van der Waals surface area contributed by atoms with Crippen LogP contribution in [0.25, 0.3) is 0 Å². The first-order valence-electron chi connectivity index (χ1n) is 11.0. The van der Waals surface area contributed by atoms with Crippen LogP contribution in [-0.2, 0) is 19.1 Å². The summed E-state index contributed by atoms with van der Waals surface area (Å²) >= 11 is 0. The Morgan fingerprint density at radius 2 is 1.58 bits per heavy atom. The van der Waals surface area contributed by atoms with Gasteiger partial charge in [0.05, 0.1) is 31.4 Å². The number of carbonyl (C=O) groups excluding carboxylic acids is 2. The topological polar surface area (TPSA) is 120 Å². The second kappa shape index (κ2) is 16.7. The molecule has 1 rings (SSSR count). The van der Waals surface area contributed by atoms with Crippen molar-refractivity contribution in [2.24, 2.45) is 0 Å². The van der Waals surface area contributed by atoms with E-state index < -0.39 is 4.92 Å². The summed E-state index contributed by atoms with van der Waals surface area (Å²) in [6.07, 6.45) is 2.36. The van der Waals surface area contributed by atoms with E-state index in [0.717, 1.165) is 11.3 Å². The lowest BCUT2D eigenvalue weighted by atomic mass is 10.1. The molecule has 0 saturated heterocycles. The number of nitrogens with one attached hydrogen (secondary N) is 2. The number of ether oxygens (including phenoxy) is 2. The minimum absolute atomic E-state index is 0.00741. The third kappa shape index (κ3) is 14.8. The molecule has 0 aliphatic heterocycles. The number of nitrogens with zero attached hydrogens (tertiary/aromatic N) is 1. The van der Waals surface area contributed by atoms with Crippen LogP contribution in [0.5, 0.6) is 0 Å². The van der Waals surface area contributed by atoms with E-state index in [2.05, 4.69) is 24.5 Å². The van der Waals surface area contributed by atoms with Crippen LogP contribution < -0.4 is 10.6 Å². The van der Waals surface area contributed by atoms with E-state index in [-0.39, 0.29) is 22.2 Å². The molecule has 186 valence electrons. The van der Waals surface area contributed by atoms with Crippen molar-refractivity contribution < 1.29 is 24.0 Å². The van der Waals surface area contributed by atoms with E-state index >= 15 is 0 Å². The molecule has 0 aliphatic rings. The summed E-state index contributed by atoms with van der Waals surface area (Å²) in [5.41, 5.74) is 0.0728. The molecule has 0 atom stereocenters. The van der Waals surface area contributed by atoms with Crippen LogP contribution in [0.2, 0.25) is 0 Å². The fourth-order valence-electron chi connectivity index (χ4n) is 2.43. The van der Waals surface area contributed by atoms with E-state index in [9.17, 15) is 19.7 Å². The number of non-ortho nitro benzene ring substituents is 1. The lowest BCUT2D eigenvalue weighted by Gasteiger charge is -2.22. The van der Waals surface area contributed by atoms with Gasteiger partial charge in [0.25, 0.3) is 5.69 Å². The summed E-state index contributed by atoms with van der Waals surface area (Å²) < 4.78 is 10.6. The van der Waals surface area contributed by atoms with Crippen molar-refractivity contribution in [2.45, 2.75) is 56.1 Å². The van der Waals surface area contributed by atoms with E-state index in [1.165, 1.54) is 12.1 Å². The van der Waals surface area contributed by atoms with Gasteiger partial charge in [-0.05, 0) is 38.8 Å². The Balaban J connectivity index is 2.05. The molecule has 2 N–H and O–H groups in total. The molecule has 0 radical (unpaired) electrons. The third-order valence-corrected chi connectivity index (χ3v) is 7.74. The summed E-state index contributed by atoms with van der Waals surface area (Å²) in [5.74, 6) is -0.0334. The molecule has 2 amide bonds. The van der Waals surface area contributed by atoms with Gasteiger partial charge in [-0.3, -0.25) is 19.7 Å². The average molecular weight is 502 g/mol. The number of nitro benzene ring substituents is 1. The van der Waals surface area contributed by atoms with Gasteiger partial charge in [-0.1, -0.05) is 28.5 Å². The summed E-state index contributed by atoms with van der Waals surface area (Å²) in [4.78, 5) is 34.7. The Kier molecular flexibility index (Phi) is 14.8. The molecule has 0 heterocycles. The van der Waals surface area contributed by atoms with Gasteiger partial charge in [0.2, 0.25) is 11.8 Å². The van der Waals surface area contributed by atoms with E-state index in [0.29, 0.717) is 58.8 Å². The first kappa shape index (κ1) is 29.2. The summed E-state index contributed by atoms with van der Waals surface area (Å²) in [6.45, 7) is 8.85. The van der Waals surface area contributed by atoms with Crippen LogP contribution in [0.1, 0.15) is 46.5 Å². The molecule has 0 aliphatic carbocycles. The number of rotatable bonds is 18. The quantitative estimate of drug-likeness (QED) is 0.134. The maximum atomic E-state index is 12.1. The van der Waals surface area contributed by atoms with Crippen LogP contribution in [0, 0.1) is 10.1 Å². The predicted octanol–water partition coefficient (Wildman–Crippen LogP) is 3.96. The molecule has 9 nitrogen and oxygen atoms in total. The number of hydrogen-bond donors (Lipinski definition) is 2. The third-order valence-electron chi connectivity index (χ3n) is 4.35. The first-order chi connectivity index (χ1) is 15.7. The Bertz CT molecular complexity index is 731. The Hall–Kier alpha value is -1.82. The van der Waals surface area contributed by atoms with Crippen LogP contribution in [0.4, 0.5) is 5.69 Å². The monoisotopic (exact) mass is 501 g/mol. The smallest absolute Gasteiger partial charge is 0.269 e. The van der Waals surface area contributed by atoms with Gasteiger partial charge in [0, 0.05) is 47.7 Å². The maximum Gasteiger partial charge on any atom is 0.269 e. The highest BCUT2D eigenvalue weighted by Crippen LogP contribution is 2.43. The molecule has 0 bridgehead atoms. The highest BCUT2D eigenvalue weighted by atomic mass is 33.1. The number of amides is 2. The zero-order valence-corrected chi connectivity index (χ0v) is 21.2. The molecule has 0 spiro atoms. The molecule has 0 saturated carbocycles. The zero-order valence-electron chi connectivity index (χ0n) is 19.6. The number of nitro groups is 1. The van der Waals surface area contributed by atoms with Crippen molar-refractivity contribution in [1.82, 2.24) is 10.6 Å². The van der Waals surface area contributed by atoms with E-state index in [1.807, 2.05) is 6.92 Å². The average Bonchev–Trinajstić information content (AvgIpc) is 2.79. The molecular weight excluding hydrogens is 466 g/mol. The largest absolute Gasteiger partial charge is 0.379 e. The van der Waals surface area contributed by atoms with Gasteiger partial charge in [0.1, 0.15) is 0 Å². The zero-order chi connectivity index (χ0) is 24.5. The predicted molar refractivity (Wildman–Crippen MR) is 132 cm³/mol. The van der Waals surface area contributed by atoms with E-state index in [1.54, 1.807) is 33.7 Å². The van der Waals surface area contributed by atoms with Crippen LogP contribution in [0.15, 0.2) is 29.2 Å². The normalized spacial score (nSPS) is 11.2. The van der Waals surface area contributed by atoms with Crippen LogP contribution in [0.3, 0.4) is 0 Å². The summed E-state index contributed by atoms with van der Waals surface area (Å²) in [5, 5.41) is 16.4. The number of hydrogen-bond acceptors (Lipinski definition) is 8. The molecule has 33 heavy (non-hydrogen) atoms. The Labute approximate surface area is 203 Å². The fourth-order valence-corrected chi connectivity index (χ4v) is 4.73. The molecular formula is C22H35N3O6S2. The fraction of sp³-hybridized carbons (Fsp3) is 0.636. The van der Waals surface area contributed by atoms with Gasteiger partial charge in [-0.2, -0.15) is 0 Å². The first-order valence-corrected chi connectivity index (χ1v) is 13.2. The molecule has 0 aromatic heterocycles. The maximum absolute atomic E-state index is 12.1. The summed E-state index contributed by atoms with van der Waals surface area (Å²) in [7, 11) is 3.18. The highest BCUT2D eigenvalue weighted by Gasteiger charge is 2.21. The molecule has 0 fully saturated rings. The lowest BCUT2D eigenvalue weighted by molar-refractivity contribution is -0.384. The van der Waals surface area contributed by atoms with E-state index in [4.69, 9.17) is 9.47 Å². The van der Waals surface area contributed by atoms with Crippen molar-refractivity contribution in [3.05, 3.63) is 34.4 Å². The second-order valence-electron chi connectivity index (χ2n) is 7.85. The van der Waals surface area contributed by atoms with Gasteiger partial charge < -0.3 is 20.1 Å². The van der Waals surface area contributed by atoms with Crippen molar-refractivity contribution >= 4 is 39.1 Å². The summed E-state index contributed by atoms with van der Waals surface area (Å²) in [6, 6.07) is 6.44. The second-order valence-corrected chi connectivity index (χ2v) is 10.8.